The van der Waals surface area contributed by atoms with E-state index in [9.17, 15) is 9.59 Å². The van der Waals surface area contributed by atoms with Crippen LogP contribution >= 0.6 is 0 Å². The molecule has 2 aliphatic carbocycles. The summed E-state index contributed by atoms with van der Waals surface area (Å²) in [5.41, 5.74) is -0.493. The summed E-state index contributed by atoms with van der Waals surface area (Å²) in [4.78, 5) is 24.1. The molecule has 0 N–H and O–H groups in total. The molecule has 2 aliphatic rings. The van der Waals surface area contributed by atoms with E-state index in [1.165, 1.54) is 32.8 Å². The van der Waals surface area contributed by atoms with Crippen molar-refractivity contribution in [3.8, 4) is 0 Å². The summed E-state index contributed by atoms with van der Waals surface area (Å²) in [6.45, 7) is 1.98. The van der Waals surface area contributed by atoms with Gasteiger partial charge in [0, 0.05) is 6.42 Å². The number of ketones is 1. The van der Waals surface area contributed by atoms with Crippen LogP contribution in [-0.4, -0.2) is 18.9 Å². The molecule has 0 radical (unpaired) electrons. The van der Waals surface area contributed by atoms with Gasteiger partial charge in [0.05, 0.1) is 7.11 Å². The molecular weight excluding hydrogens is 216 g/mol. The van der Waals surface area contributed by atoms with Crippen molar-refractivity contribution in [2.75, 3.05) is 7.11 Å². The van der Waals surface area contributed by atoms with Gasteiger partial charge in [0.1, 0.15) is 11.2 Å². The first-order valence-electron chi connectivity index (χ1n) is 6.70. The Labute approximate surface area is 103 Å². The molecule has 1 spiro atoms. The fourth-order valence-electron chi connectivity index (χ4n) is 3.82. The first-order chi connectivity index (χ1) is 8.08. The lowest BCUT2D eigenvalue weighted by molar-refractivity contribution is -0.175. The molecule has 0 aromatic rings. The summed E-state index contributed by atoms with van der Waals surface area (Å²) in [6, 6.07) is 0. The summed E-state index contributed by atoms with van der Waals surface area (Å²) >= 11 is 0. The van der Waals surface area contributed by atoms with Crippen LogP contribution in [0.1, 0.15) is 58.3 Å². The van der Waals surface area contributed by atoms with E-state index in [-0.39, 0.29) is 17.2 Å². The van der Waals surface area contributed by atoms with Crippen molar-refractivity contribution in [3.05, 3.63) is 0 Å². The van der Waals surface area contributed by atoms with E-state index < -0.39 is 5.41 Å². The summed E-state index contributed by atoms with van der Waals surface area (Å²) in [5.74, 6) is -0.196. The molecule has 2 rings (SSSR count). The van der Waals surface area contributed by atoms with Gasteiger partial charge in [-0.25, -0.2) is 0 Å². The maximum absolute atomic E-state index is 12.2. The Kier molecular flexibility index (Phi) is 3.28. The van der Waals surface area contributed by atoms with Crippen molar-refractivity contribution in [1.82, 2.24) is 0 Å². The Morgan fingerprint density at radius 3 is 2.24 bits per heavy atom. The minimum Gasteiger partial charge on any atom is -0.468 e. The van der Waals surface area contributed by atoms with Crippen molar-refractivity contribution in [3.63, 3.8) is 0 Å². The number of hydrogen-bond donors (Lipinski definition) is 0. The van der Waals surface area contributed by atoms with Crippen LogP contribution in [0.3, 0.4) is 0 Å². The van der Waals surface area contributed by atoms with Crippen LogP contribution in [0, 0.1) is 10.8 Å². The van der Waals surface area contributed by atoms with E-state index in [2.05, 4.69) is 0 Å². The van der Waals surface area contributed by atoms with Crippen LogP contribution < -0.4 is 0 Å². The average molecular weight is 238 g/mol. The Morgan fingerprint density at radius 1 is 1.18 bits per heavy atom. The van der Waals surface area contributed by atoms with Gasteiger partial charge in [-0.3, -0.25) is 9.59 Å². The monoisotopic (exact) mass is 238 g/mol. The lowest BCUT2D eigenvalue weighted by atomic mass is 9.50. The number of esters is 1. The van der Waals surface area contributed by atoms with Gasteiger partial charge in [0.15, 0.2) is 0 Å². The quantitative estimate of drug-likeness (QED) is 0.558. The van der Waals surface area contributed by atoms with Gasteiger partial charge in [-0.2, -0.15) is 0 Å². The maximum Gasteiger partial charge on any atom is 0.319 e. The lowest BCUT2D eigenvalue weighted by Crippen LogP contribution is -2.55. The van der Waals surface area contributed by atoms with E-state index >= 15 is 0 Å². The summed E-state index contributed by atoms with van der Waals surface area (Å²) < 4.78 is 4.87. The standard InChI is InChI=1S/C14H22O3/c1-3-6-11(15)14(12(16)17-2)9-13(10-14)7-4-5-8-13/h3-10H2,1-2H3. The highest BCUT2D eigenvalue weighted by atomic mass is 16.5. The second kappa shape index (κ2) is 4.43. The molecule has 3 heteroatoms. The minimum atomic E-state index is -0.783. The van der Waals surface area contributed by atoms with Gasteiger partial charge in [-0.05, 0) is 37.5 Å². The molecule has 0 aliphatic heterocycles. The van der Waals surface area contributed by atoms with Gasteiger partial charge >= 0.3 is 5.97 Å². The topological polar surface area (TPSA) is 43.4 Å². The zero-order valence-corrected chi connectivity index (χ0v) is 10.9. The Hall–Kier alpha value is -0.860. The number of carbonyl (C=O) groups excluding carboxylic acids is 2. The third-order valence-electron chi connectivity index (χ3n) is 4.60. The highest BCUT2D eigenvalue weighted by Gasteiger charge is 2.63. The molecule has 0 heterocycles. The summed E-state index contributed by atoms with van der Waals surface area (Å²) in [6.07, 6.45) is 7.67. The largest absolute Gasteiger partial charge is 0.468 e. The Morgan fingerprint density at radius 2 is 1.76 bits per heavy atom. The van der Waals surface area contributed by atoms with E-state index in [4.69, 9.17) is 4.74 Å². The second-order valence-corrected chi connectivity index (χ2v) is 5.81. The van der Waals surface area contributed by atoms with Crippen LogP contribution in [0.5, 0.6) is 0 Å². The first-order valence-corrected chi connectivity index (χ1v) is 6.70. The van der Waals surface area contributed by atoms with Gasteiger partial charge < -0.3 is 4.74 Å². The van der Waals surface area contributed by atoms with Crippen LogP contribution in [-0.2, 0) is 14.3 Å². The van der Waals surface area contributed by atoms with Crippen molar-refractivity contribution in [2.45, 2.75) is 58.3 Å². The summed E-state index contributed by atoms with van der Waals surface area (Å²) in [5, 5.41) is 0. The van der Waals surface area contributed by atoms with Crippen molar-refractivity contribution in [2.24, 2.45) is 10.8 Å². The molecule has 0 amide bonds. The van der Waals surface area contributed by atoms with Gasteiger partial charge in [-0.15, -0.1) is 0 Å². The van der Waals surface area contributed by atoms with Crippen LogP contribution in [0.2, 0.25) is 0 Å². The molecule has 2 saturated carbocycles. The number of Topliss-reactive ketones (excluding diaryl/α,β-unsaturated/α-hetero) is 1. The number of hydrogen-bond acceptors (Lipinski definition) is 3. The first kappa shape index (κ1) is 12.6. The highest BCUT2D eigenvalue weighted by molar-refractivity contribution is 6.05. The molecule has 3 nitrogen and oxygen atoms in total. The Bertz CT molecular complexity index is 318. The molecule has 0 aromatic heterocycles. The third-order valence-corrected chi connectivity index (χ3v) is 4.60. The fourth-order valence-corrected chi connectivity index (χ4v) is 3.82. The Balaban J connectivity index is 2.12. The van der Waals surface area contributed by atoms with E-state index in [1.54, 1.807) is 0 Å². The predicted molar refractivity (Wildman–Crippen MR) is 64.5 cm³/mol. The molecule has 0 unspecified atom stereocenters. The maximum atomic E-state index is 12.2. The van der Waals surface area contributed by atoms with E-state index in [1.807, 2.05) is 6.92 Å². The third kappa shape index (κ3) is 1.90. The molecule has 17 heavy (non-hydrogen) atoms. The number of ether oxygens (including phenoxy) is 1. The van der Waals surface area contributed by atoms with Gasteiger partial charge in [0.2, 0.25) is 0 Å². The molecule has 0 bridgehead atoms. The highest BCUT2D eigenvalue weighted by Crippen LogP contribution is 2.63. The number of rotatable bonds is 4. The minimum absolute atomic E-state index is 0.101. The molecular formula is C14H22O3. The van der Waals surface area contributed by atoms with E-state index in [0.717, 1.165) is 19.3 Å². The second-order valence-electron chi connectivity index (χ2n) is 5.81. The molecule has 0 atom stereocenters. The molecule has 96 valence electrons. The van der Waals surface area contributed by atoms with Gasteiger partial charge in [0.25, 0.3) is 0 Å². The zero-order chi connectivity index (χ0) is 12.5. The number of methoxy groups -OCH3 is 1. The smallest absolute Gasteiger partial charge is 0.319 e. The molecule has 2 fully saturated rings. The van der Waals surface area contributed by atoms with Crippen molar-refractivity contribution in [1.29, 1.82) is 0 Å². The normalized spacial score (nSPS) is 24.4. The lowest BCUT2D eigenvalue weighted by Gasteiger charge is -2.52. The van der Waals surface area contributed by atoms with Crippen molar-refractivity contribution < 1.29 is 14.3 Å². The van der Waals surface area contributed by atoms with Crippen molar-refractivity contribution >= 4 is 11.8 Å². The van der Waals surface area contributed by atoms with Crippen LogP contribution in [0.4, 0.5) is 0 Å². The van der Waals surface area contributed by atoms with Crippen LogP contribution in [0.15, 0.2) is 0 Å². The summed E-state index contributed by atoms with van der Waals surface area (Å²) in [7, 11) is 1.39. The SMILES string of the molecule is CCCC(=O)C1(C(=O)OC)CC2(CCCC2)C1. The average Bonchev–Trinajstić information content (AvgIpc) is 2.74. The van der Waals surface area contributed by atoms with Gasteiger partial charge in [-0.1, -0.05) is 19.8 Å². The number of carbonyl (C=O) groups is 2. The molecule has 0 aromatic carbocycles. The zero-order valence-electron chi connectivity index (χ0n) is 10.9. The van der Waals surface area contributed by atoms with E-state index in [0.29, 0.717) is 6.42 Å². The van der Waals surface area contributed by atoms with Crippen LogP contribution in [0.25, 0.3) is 0 Å². The fraction of sp³-hybridized carbons (Fsp3) is 0.857. The molecule has 0 saturated heterocycles. The predicted octanol–water partition coefficient (Wildman–Crippen LogP) is 2.87.